The van der Waals surface area contributed by atoms with Crippen LogP contribution in [-0.2, 0) is 11.2 Å². The lowest BCUT2D eigenvalue weighted by Crippen LogP contribution is -2.36. The van der Waals surface area contributed by atoms with Gasteiger partial charge in [-0.3, -0.25) is 4.79 Å². The molecule has 1 unspecified atom stereocenters. The van der Waals surface area contributed by atoms with Crippen LogP contribution in [0.5, 0.6) is 0 Å². The quantitative estimate of drug-likeness (QED) is 0.851. The van der Waals surface area contributed by atoms with Crippen molar-refractivity contribution in [2.75, 3.05) is 11.4 Å². The van der Waals surface area contributed by atoms with Crippen LogP contribution in [0, 0.1) is 28.6 Å². The van der Waals surface area contributed by atoms with Gasteiger partial charge in [0, 0.05) is 12.2 Å². The lowest BCUT2D eigenvalue weighted by molar-refractivity contribution is -0.120. The first-order valence-electron chi connectivity index (χ1n) is 7.44. The number of carbonyl (C=O) groups is 1. The summed E-state index contributed by atoms with van der Waals surface area (Å²) in [6.07, 6.45) is 0.300. The number of hydrogen-bond donors (Lipinski definition) is 0. The first kappa shape index (κ1) is 16.3. The van der Waals surface area contributed by atoms with Crippen molar-refractivity contribution in [2.45, 2.75) is 13.3 Å². The van der Waals surface area contributed by atoms with Crippen molar-refractivity contribution < 1.29 is 4.79 Å². The molecule has 4 nitrogen and oxygen atoms in total. The van der Waals surface area contributed by atoms with E-state index in [0.717, 1.165) is 11.3 Å². The van der Waals surface area contributed by atoms with E-state index < -0.39 is 5.92 Å². The molecule has 4 heteroatoms. The molecule has 0 aliphatic heterocycles. The fraction of sp³-hybridized carbons (Fsp3) is 0.211. The van der Waals surface area contributed by atoms with Crippen LogP contribution < -0.4 is 4.90 Å². The average molecular weight is 303 g/mol. The van der Waals surface area contributed by atoms with E-state index in [1.54, 1.807) is 23.1 Å². The van der Waals surface area contributed by atoms with Gasteiger partial charge in [0.1, 0.15) is 5.92 Å². The monoisotopic (exact) mass is 303 g/mol. The number of nitriles is 2. The highest BCUT2D eigenvalue weighted by atomic mass is 16.2. The zero-order valence-electron chi connectivity index (χ0n) is 12.9. The van der Waals surface area contributed by atoms with Crippen LogP contribution in [-0.4, -0.2) is 12.5 Å². The Morgan fingerprint density at radius 3 is 2.48 bits per heavy atom. The van der Waals surface area contributed by atoms with E-state index in [1.807, 2.05) is 43.3 Å². The Balaban J connectivity index is 2.21. The molecule has 0 aliphatic carbocycles. The molecule has 1 amide bonds. The van der Waals surface area contributed by atoms with Crippen LogP contribution in [0.1, 0.15) is 18.1 Å². The van der Waals surface area contributed by atoms with Crippen LogP contribution in [0.2, 0.25) is 0 Å². The Morgan fingerprint density at radius 2 is 1.87 bits per heavy atom. The smallest absolute Gasteiger partial charge is 0.244 e. The van der Waals surface area contributed by atoms with Crippen molar-refractivity contribution in [3.8, 4) is 12.1 Å². The molecule has 2 rings (SSSR count). The highest BCUT2D eigenvalue weighted by Crippen LogP contribution is 2.19. The SMILES string of the molecule is CCN(C(=O)C(C#N)Cc1cccc(C#N)c1)c1ccccc1. The molecule has 0 aromatic heterocycles. The lowest BCUT2D eigenvalue weighted by atomic mass is 9.97. The first-order chi connectivity index (χ1) is 11.2. The van der Waals surface area contributed by atoms with E-state index in [-0.39, 0.29) is 5.91 Å². The molecule has 114 valence electrons. The fourth-order valence-electron chi connectivity index (χ4n) is 2.45. The van der Waals surface area contributed by atoms with Gasteiger partial charge < -0.3 is 4.90 Å². The summed E-state index contributed by atoms with van der Waals surface area (Å²) in [7, 11) is 0. The van der Waals surface area contributed by atoms with Crippen LogP contribution in [0.25, 0.3) is 0 Å². The summed E-state index contributed by atoms with van der Waals surface area (Å²) >= 11 is 0. The third-order valence-corrected chi connectivity index (χ3v) is 3.60. The van der Waals surface area contributed by atoms with Gasteiger partial charge in [-0.25, -0.2) is 0 Å². The van der Waals surface area contributed by atoms with Crippen LogP contribution in [0.4, 0.5) is 5.69 Å². The van der Waals surface area contributed by atoms with Crippen molar-refractivity contribution in [3.05, 3.63) is 65.7 Å². The molecule has 0 bridgehead atoms. The minimum atomic E-state index is -0.774. The molecular formula is C19H17N3O. The Labute approximate surface area is 136 Å². The number of anilines is 1. The molecule has 0 radical (unpaired) electrons. The molecule has 0 fully saturated rings. The number of benzene rings is 2. The Hall–Kier alpha value is -3.11. The van der Waals surface area contributed by atoms with Gasteiger partial charge >= 0.3 is 0 Å². The number of nitrogens with zero attached hydrogens (tertiary/aromatic N) is 3. The maximum atomic E-state index is 12.7. The van der Waals surface area contributed by atoms with Gasteiger partial charge in [0.25, 0.3) is 0 Å². The molecule has 2 aromatic carbocycles. The molecule has 23 heavy (non-hydrogen) atoms. The molecule has 0 saturated heterocycles. The Bertz CT molecular complexity index is 756. The second kappa shape index (κ2) is 7.77. The average Bonchev–Trinajstić information content (AvgIpc) is 2.61. The van der Waals surface area contributed by atoms with Gasteiger partial charge in [0.05, 0.1) is 17.7 Å². The van der Waals surface area contributed by atoms with Crippen LogP contribution >= 0.6 is 0 Å². The molecule has 0 N–H and O–H groups in total. The Morgan fingerprint density at radius 1 is 1.13 bits per heavy atom. The predicted octanol–water partition coefficient (Wildman–Crippen LogP) is 3.29. The van der Waals surface area contributed by atoms with Gasteiger partial charge in [-0.15, -0.1) is 0 Å². The highest BCUT2D eigenvalue weighted by molar-refractivity contribution is 5.96. The third-order valence-electron chi connectivity index (χ3n) is 3.60. The summed E-state index contributed by atoms with van der Waals surface area (Å²) in [5.41, 5.74) is 2.13. The van der Waals surface area contributed by atoms with Crippen molar-refractivity contribution >= 4 is 11.6 Å². The number of amides is 1. The van der Waals surface area contributed by atoms with Crippen LogP contribution in [0.3, 0.4) is 0 Å². The zero-order chi connectivity index (χ0) is 16.7. The van der Waals surface area contributed by atoms with E-state index in [4.69, 9.17) is 5.26 Å². The fourth-order valence-corrected chi connectivity index (χ4v) is 2.45. The number of hydrogen-bond acceptors (Lipinski definition) is 3. The van der Waals surface area contributed by atoms with E-state index in [0.29, 0.717) is 18.5 Å². The summed E-state index contributed by atoms with van der Waals surface area (Å²) in [6.45, 7) is 2.38. The summed E-state index contributed by atoms with van der Waals surface area (Å²) in [4.78, 5) is 14.3. The Kier molecular flexibility index (Phi) is 5.50. The van der Waals surface area contributed by atoms with E-state index >= 15 is 0 Å². The lowest BCUT2D eigenvalue weighted by Gasteiger charge is -2.23. The number of rotatable bonds is 5. The molecule has 0 heterocycles. The molecule has 0 saturated carbocycles. The predicted molar refractivity (Wildman–Crippen MR) is 88.4 cm³/mol. The third kappa shape index (κ3) is 3.96. The second-order valence-corrected chi connectivity index (χ2v) is 5.12. The first-order valence-corrected chi connectivity index (χ1v) is 7.44. The standard InChI is InChI=1S/C19H17N3O/c1-2-22(18-9-4-3-5-10-18)19(23)17(14-21)12-15-7-6-8-16(11-15)13-20/h3-11,17H,2,12H2,1H3. The van der Waals surface area contributed by atoms with Crippen LogP contribution in [0.15, 0.2) is 54.6 Å². The largest absolute Gasteiger partial charge is 0.312 e. The van der Waals surface area contributed by atoms with Gasteiger partial charge in [-0.05, 0) is 43.2 Å². The topological polar surface area (TPSA) is 67.9 Å². The van der Waals surface area contributed by atoms with E-state index in [1.165, 1.54) is 0 Å². The van der Waals surface area contributed by atoms with E-state index in [2.05, 4.69) is 12.1 Å². The van der Waals surface area contributed by atoms with Crippen molar-refractivity contribution in [2.24, 2.45) is 5.92 Å². The maximum absolute atomic E-state index is 12.7. The minimum Gasteiger partial charge on any atom is -0.312 e. The molecule has 0 aliphatic rings. The van der Waals surface area contributed by atoms with Gasteiger partial charge in [-0.2, -0.15) is 10.5 Å². The second-order valence-electron chi connectivity index (χ2n) is 5.12. The molecule has 2 aromatic rings. The van der Waals surface area contributed by atoms with Crippen molar-refractivity contribution in [1.29, 1.82) is 10.5 Å². The summed E-state index contributed by atoms with van der Waals surface area (Å²) in [5.74, 6) is -0.993. The normalized spacial score (nSPS) is 11.1. The number of carbonyl (C=O) groups excluding carboxylic acids is 1. The van der Waals surface area contributed by atoms with E-state index in [9.17, 15) is 10.1 Å². The molecule has 0 spiro atoms. The molecule has 1 atom stereocenters. The molecular weight excluding hydrogens is 286 g/mol. The summed E-state index contributed by atoms with van der Waals surface area (Å²) < 4.78 is 0. The van der Waals surface area contributed by atoms with Crippen molar-refractivity contribution in [3.63, 3.8) is 0 Å². The van der Waals surface area contributed by atoms with Gasteiger partial charge in [-0.1, -0.05) is 30.3 Å². The van der Waals surface area contributed by atoms with Gasteiger partial charge in [0.15, 0.2) is 0 Å². The van der Waals surface area contributed by atoms with Crippen molar-refractivity contribution in [1.82, 2.24) is 0 Å². The maximum Gasteiger partial charge on any atom is 0.244 e. The summed E-state index contributed by atoms with van der Waals surface area (Å²) in [5, 5.41) is 18.4. The highest BCUT2D eigenvalue weighted by Gasteiger charge is 2.24. The zero-order valence-corrected chi connectivity index (χ0v) is 12.9. The summed E-state index contributed by atoms with van der Waals surface area (Å²) in [6, 6.07) is 20.5. The number of para-hydroxylation sites is 1. The van der Waals surface area contributed by atoms with Gasteiger partial charge in [0.2, 0.25) is 5.91 Å². The minimum absolute atomic E-state index is 0.219.